The second kappa shape index (κ2) is 8.44. The topological polar surface area (TPSA) is 69.7 Å². The van der Waals surface area contributed by atoms with E-state index in [9.17, 15) is 14.4 Å². The molecular formula is C21H22ClN3O3. The molecule has 1 aliphatic heterocycles. The highest BCUT2D eigenvalue weighted by Crippen LogP contribution is 2.24. The third-order valence-electron chi connectivity index (χ3n) is 4.63. The van der Waals surface area contributed by atoms with E-state index in [0.717, 1.165) is 18.5 Å². The van der Waals surface area contributed by atoms with Gasteiger partial charge in [0.15, 0.2) is 0 Å². The zero-order valence-electron chi connectivity index (χ0n) is 15.9. The summed E-state index contributed by atoms with van der Waals surface area (Å²) < 4.78 is 0. The minimum atomic E-state index is -0.292. The van der Waals surface area contributed by atoms with E-state index in [1.165, 1.54) is 4.90 Å². The summed E-state index contributed by atoms with van der Waals surface area (Å²) in [5, 5.41) is 3.05. The second-order valence-electron chi connectivity index (χ2n) is 6.90. The lowest BCUT2D eigenvalue weighted by Crippen LogP contribution is -2.35. The normalized spacial score (nSPS) is 14.0. The van der Waals surface area contributed by atoms with E-state index in [1.807, 2.05) is 0 Å². The highest BCUT2D eigenvalue weighted by molar-refractivity contribution is 6.34. The summed E-state index contributed by atoms with van der Waals surface area (Å²) in [6, 6.07) is 11.7. The van der Waals surface area contributed by atoms with Gasteiger partial charge in [0.05, 0.1) is 10.6 Å². The molecule has 28 heavy (non-hydrogen) atoms. The van der Waals surface area contributed by atoms with Crippen molar-refractivity contribution in [3.8, 4) is 0 Å². The van der Waals surface area contributed by atoms with Gasteiger partial charge in [-0.2, -0.15) is 0 Å². The predicted octanol–water partition coefficient (Wildman–Crippen LogP) is 3.81. The molecule has 0 spiro atoms. The number of halogens is 1. The maximum absolute atomic E-state index is 12.5. The average Bonchev–Trinajstić information content (AvgIpc) is 2.68. The lowest BCUT2D eigenvalue weighted by Gasteiger charge is -2.26. The summed E-state index contributed by atoms with van der Waals surface area (Å²) in [6.07, 6.45) is 2.48. The van der Waals surface area contributed by atoms with Crippen molar-refractivity contribution in [3.63, 3.8) is 0 Å². The summed E-state index contributed by atoms with van der Waals surface area (Å²) >= 11 is 6.18. The number of rotatable bonds is 4. The van der Waals surface area contributed by atoms with Crippen molar-refractivity contribution in [2.45, 2.75) is 19.3 Å². The van der Waals surface area contributed by atoms with Crippen molar-refractivity contribution >= 4 is 40.7 Å². The first kappa shape index (κ1) is 19.9. The first-order valence-corrected chi connectivity index (χ1v) is 9.47. The van der Waals surface area contributed by atoms with E-state index in [1.54, 1.807) is 61.5 Å². The Bertz CT molecular complexity index is 910. The molecule has 1 saturated heterocycles. The van der Waals surface area contributed by atoms with E-state index in [-0.39, 0.29) is 22.7 Å². The van der Waals surface area contributed by atoms with Gasteiger partial charge >= 0.3 is 0 Å². The molecule has 2 aromatic carbocycles. The molecule has 2 aromatic rings. The Morgan fingerprint density at radius 3 is 2.39 bits per heavy atom. The van der Waals surface area contributed by atoms with Crippen LogP contribution in [0.2, 0.25) is 5.02 Å². The molecule has 0 aliphatic carbocycles. The first-order valence-electron chi connectivity index (χ1n) is 9.10. The average molecular weight is 400 g/mol. The Morgan fingerprint density at radius 2 is 1.79 bits per heavy atom. The van der Waals surface area contributed by atoms with Crippen LogP contribution in [0, 0.1) is 0 Å². The zero-order chi connectivity index (χ0) is 20.3. The molecule has 1 fully saturated rings. The van der Waals surface area contributed by atoms with Crippen molar-refractivity contribution in [1.82, 2.24) is 4.90 Å². The highest BCUT2D eigenvalue weighted by atomic mass is 35.5. The molecule has 0 bridgehead atoms. The third kappa shape index (κ3) is 4.34. The smallest absolute Gasteiger partial charge is 0.255 e. The van der Waals surface area contributed by atoms with Crippen LogP contribution in [0.4, 0.5) is 11.4 Å². The lowest BCUT2D eigenvalue weighted by molar-refractivity contribution is -0.119. The molecule has 0 atom stereocenters. The van der Waals surface area contributed by atoms with Gasteiger partial charge < -0.3 is 15.1 Å². The standard InChI is InChI=1S/C21H22ClN3O3/c1-24(2)21(28)17-11-8-15(13-18(17)22)23-20(27)14-6-9-16(10-7-14)25-12-4-3-5-19(25)26/h6-11,13H,3-5,12H2,1-2H3,(H,23,27). The van der Waals surface area contributed by atoms with E-state index < -0.39 is 0 Å². The summed E-state index contributed by atoms with van der Waals surface area (Å²) in [5.41, 5.74) is 2.15. The van der Waals surface area contributed by atoms with E-state index in [2.05, 4.69) is 5.32 Å². The molecule has 0 aromatic heterocycles. The fourth-order valence-electron chi connectivity index (χ4n) is 3.08. The summed E-state index contributed by atoms with van der Waals surface area (Å²) in [7, 11) is 3.30. The number of nitrogens with zero attached hydrogens (tertiary/aromatic N) is 2. The Hall–Kier alpha value is -2.86. The Kier molecular flexibility index (Phi) is 5.99. The molecule has 3 amide bonds. The van der Waals surface area contributed by atoms with Crippen LogP contribution >= 0.6 is 11.6 Å². The Balaban J connectivity index is 1.70. The van der Waals surface area contributed by atoms with Gasteiger partial charge in [0, 0.05) is 44.0 Å². The van der Waals surface area contributed by atoms with Crippen molar-refractivity contribution in [1.29, 1.82) is 0 Å². The van der Waals surface area contributed by atoms with Crippen LogP contribution in [-0.2, 0) is 4.79 Å². The Labute approximate surface area is 169 Å². The minimum absolute atomic E-state index is 0.116. The number of carbonyl (C=O) groups excluding carboxylic acids is 3. The van der Waals surface area contributed by atoms with Gasteiger partial charge in [0.1, 0.15) is 0 Å². The third-order valence-corrected chi connectivity index (χ3v) is 4.94. The number of hydrogen-bond acceptors (Lipinski definition) is 3. The lowest BCUT2D eigenvalue weighted by atomic mass is 10.1. The molecule has 0 saturated carbocycles. The van der Waals surface area contributed by atoms with Crippen LogP contribution in [-0.4, -0.2) is 43.3 Å². The molecule has 0 radical (unpaired) electrons. The SMILES string of the molecule is CN(C)C(=O)c1ccc(NC(=O)c2ccc(N3CCCCC3=O)cc2)cc1Cl. The molecule has 1 heterocycles. The minimum Gasteiger partial charge on any atom is -0.345 e. The number of benzene rings is 2. The number of anilines is 2. The van der Waals surface area contributed by atoms with Crippen LogP contribution < -0.4 is 10.2 Å². The van der Waals surface area contributed by atoms with E-state index >= 15 is 0 Å². The van der Waals surface area contributed by atoms with Crippen LogP contribution in [0.1, 0.15) is 40.0 Å². The van der Waals surface area contributed by atoms with Gasteiger partial charge in [-0.25, -0.2) is 0 Å². The van der Waals surface area contributed by atoms with Crippen LogP contribution in [0.3, 0.4) is 0 Å². The molecule has 6 nitrogen and oxygen atoms in total. The summed E-state index contributed by atoms with van der Waals surface area (Å²) in [5.74, 6) is -0.379. The monoisotopic (exact) mass is 399 g/mol. The molecule has 1 N–H and O–H groups in total. The van der Waals surface area contributed by atoms with Gasteiger partial charge in [0.25, 0.3) is 11.8 Å². The van der Waals surface area contributed by atoms with Crippen LogP contribution in [0.5, 0.6) is 0 Å². The molecule has 1 aliphatic rings. The van der Waals surface area contributed by atoms with Gasteiger partial charge in [-0.3, -0.25) is 14.4 Å². The van der Waals surface area contributed by atoms with Gasteiger partial charge in [0.2, 0.25) is 5.91 Å². The van der Waals surface area contributed by atoms with E-state index in [0.29, 0.717) is 29.8 Å². The number of piperidine rings is 1. The number of amides is 3. The van der Waals surface area contributed by atoms with Crippen molar-refractivity contribution in [2.75, 3.05) is 30.9 Å². The van der Waals surface area contributed by atoms with Gasteiger partial charge in [-0.15, -0.1) is 0 Å². The highest BCUT2D eigenvalue weighted by Gasteiger charge is 2.20. The molecular weight excluding hydrogens is 378 g/mol. The number of hydrogen-bond donors (Lipinski definition) is 1. The predicted molar refractivity (Wildman–Crippen MR) is 110 cm³/mol. The van der Waals surface area contributed by atoms with Crippen molar-refractivity contribution < 1.29 is 14.4 Å². The van der Waals surface area contributed by atoms with Gasteiger partial charge in [-0.05, 0) is 55.3 Å². The number of nitrogens with one attached hydrogen (secondary N) is 1. The van der Waals surface area contributed by atoms with E-state index in [4.69, 9.17) is 11.6 Å². The fraction of sp³-hybridized carbons (Fsp3) is 0.286. The van der Waals surface area contributed by atoms with Crippen LogP contribution in [0.15, 0.2) is 42.5 Å². The zero-order valence-corrected chi connectivity index (χ0v) is 16.6. The quantitative estimate of drug-likeness (QED) is 0.849. The summed E-state index contributed by atoms with van der Waals surface area (Å²) in [6.45, 7) is 0.709. The maximum atomic E-state index is 12.5. The molecule has 3 rings (SSSR count). The van der Waals surface area contributed by atoms with Crippen molar-refractivity contribution in [3.05, 3.63) is 58.6 Å². The fourth-order valence-corrected chi connectivity index (χ4v) is 3.34. The van der Waals surface area contributed by atoms with Gasteiger partial charge in [-0.1, -0.05) is 11.6 Å². The number of carbonyl (C=O) groups is 3. The first-order chi connectivity index (χ1) is 13.4. The summed E-state index contributed by atoms with van der Waals surface area (Å²) in [4.78, 5) is 39.7. The molecule has 7 heteroatoms. The maximum Gasteiger partial charge on any atom is 0.255 e. The second-order valence-corrected chi connectivity index (χ2v) is 7.30. The van der Waals surface area contributed by atoms with Crippen LogP contribution in [0.25, 0.3) is 0 Å². The largest absolute Gasteiger partial charge is 0.345 e. The van der Waals surface area contributed by atoms with Crippen molar-refractivity contribution in [2.24, 2.45) is 0 Å². The Morgan fingerprint density at radius 1 is 1.07 bits per heavy atom. The molecule has 146 valence electrons. The molecule has 0 unspecified atom stereocenters.